The SMILES string of the molecule is COCC1=C(C(=O)OC)C(C2C=C(F)C(F)=C(F)C2=C=O)N(Oc2ccc([N+](=O)[O-])cc2)C(OC)=N1. The normalized spacial score (nSPS) is 19.9. The minimum atomic E-state index is -1.91. The van der Waals surface area contributed by atoms with Gasteiger partial charge in [0.1, 0.15) is 12.0 Å². The van der Waals surface area contributed by atoms with Crippen molar-refractivity contribution in [2.24, 2.45) is 10.9 Å². The number of non-ortho nitro benzene ring substituents is 1. The van der Waals surface area contributed by atoms with E-state index in [4.69, 9.17) is 19.0 Å². The van der Waals surface area contributed by atoms with E-state index >= 15 is 0 Å². The second-order valence-electron chi connectivity index (χ2n) is 7.18. The lowest BCUT2D eigenvalue weighted by molar-refractivity contribution is -0.384. The van der Waals surface area contributed by atoms with E-state index in [0.29, 0.717) is 6.08 Å². The maximum atomic E-state index is 14.6. The number of hydroxylamine groups is 2. The topological polar surface area (TPSA) is 130 Å². The number of ether oxygens (including phenoxy) is 3. The molecule has 1 aromatic rings. The summed E-state index contributed by atoms with van der Waals surface area (Å²) in [5, 5.41) is 11.8. The number of nitro groups is 1. The number of nitro benzene ring substituents is 1. The molecule has 0 spiro atoms. The highest BCUT2D eigenvalue weighted by Gasteiger charge is 2.47. The minimum Gasteiger partial charge on any atom is -0.466 e. The standard InChI is InChI=1S/C22H18F3N3O8/c1-33-10-16-17(21(30)34-2)20(13-8-15(23)19(25)18(24)14(13)9-29)27(22(26-16)35-3)36-12-6-4-11(5-7-12)28(31)32/h4-8,13,20H,10H2,1-3H3. The lowest BCUT2D eigenvalue weighted by atomic mass is 9.82. The number of esters is 1. The van der Waals surface area contributed by atoms with E-state index in [9.17, 15) is 32.9 Å². The first-order chi connectivity index (χ1) is 17.2. The predicted molar refractivity (Wildman–Crippen MR) is 116 cm³/mol. The van der Waals surface area contributed by atoms with Crippen molar-refractivity contribution < 1.29 is 46.7 Å². The number of nitrogens with zero attached hydrogens (tertiary/aromatic N) is 3. The Kier molecular flexibility index (Phi) is 7.92. The molecule has 0 N–H and O–H groups in total. The van der Waals surface area contributed by atoms with E-state index in [1.807, 2.05) is 0 Å². The highest BCUT2D eigenvalue weighted by Crippen LogP contribution is 2.42. The molecule has 11 nitrogen and oxygen atoms in total. The number of carbonyl (C=O) groups excluding carboxylic acids is 2. The molecule has 1 aliphatic heterocycles. The molecular weight excluding hydrogens is 491 g/mol. The van der Waals surface area contributed by atoms with Gasteiger partial charge >= 0.3 is 12.0 Å². The Balaban J connectivity index is 2.24. The average Bonchev–Trinajstić information content (AvgIpc) is 2.87. The maximum absolute atomic E-state index is 14.6. The molecule has 2 unspecified atom stereocenters. The molecule has 0 saturated carbocycles. The van der Waals surface area contributed by atoms with Crippen LogP contribution in [0, 0.1) is 16.0 Å². The van der Waals surface area contributed by atoms with Gasteiger partial charge in [-0.2, -0.15) is 4.99 Å². The summed E-state index contributed by atoms with van der Waals surface area (Å²) >= 11 is 0. The van der Waals surface area contributed by atoms with E-state index in [1.165, 1.54) is 32.3 Å². The van der Waals surface area contributed by atoms with E-state index < -0.39 is 45.9 Å². The van der Waals surface area contributed by atoms with Crippen molar-refractivity contribution in [3.05, 3.63) is 74.8 Å². The molecular formula is C22H18F3N3O8. The van der Waals surface area contributed by atoms with Gasteiger partial charge in [0.2, 0.25) is 0 Å². The zero-order chi connectivity index (χ0) is 26.6. The number of amidine groups is 1. The van der Waals surface area contributed by atoms with Gasteiger partial charge in [-0.25, -0.2) is 22.8 Å². The Labute approximate surface area is 201 Å². The number of hydrogen-bond acceptors (Lipinski definition) is 10. The molecule has 2 atom stereocenters. The van der Waals surface area contributed by atoms with Crippen molar-refractivity contribution in [1.29, 1.82) is 0 Å². The largest absolute Gasteiger partial charge is 0.466 e. The number of aliphatic imine (C=N–C) groups is 1. The van der Waals surface area contributed by atoms with Gasteiger partial charge in [0.05, 0.1) is 42.6 Å². The second-order valence-corrected chi connectivity index (χ2v) is 7.18. The molecule has 0 aromatic heterocycles. The van der Waals surface area contributed by atoms with E-state index in [1.54, 1.807) is 0 Å². The smallest absolute Gasteiger partial charge is 0.337 e. The molecule has 0 radical (unpaired) electrons. The van der Waals surface area contributed by atoms with Gasteiger partial charge in [0.15, 0.2) is 23.2 Å². The lowest BCUT2D eigenvalue weighted by Crippen LogP contribution is -2.53. The quantitative estimate of drug-likeness (QED) is 0.236. The Morgan fingerprint density at radius 1 is 1.17 bits per heavy atom. The Hall–Kier alpha value is -4.42. The minimum absolute atomic E-state index is 0.0474. The first kappa shape index (κ1) is 26.2. The monoisotopic (exact) mass is 509 g/mol. The number of rotatable bonds is 7. The van der Waals surface area contributed by atoms with Gasteiger partial charge in [0, 0.05) is 25.2 Å². The maximum Gasteiger partial charge on any atom is 0.337 e. The molecule has 1 heterocycles. The Morgan fingerprint density at radius 2 is 1.83 bits per heavy atom. The van der Waals surface area contributed by atoms with Crippen molar-refractivity contribution in [1.82, 2.24) is 5.06 Å². The van der Waals surface area contributed by atoms with Crippen molar-refractivity contribution in [3.8, 4) is 5.75 Å². The molecule has 2 aliphatic rings. The van der Waals surface area contributed by atoms with Crippen LogP contribution in [0.3, 0.4) is 0 Å². The summed E-state index contributed by atoms with van der Waals surface area (Å²) in [4.78, 5) is 44.7. The van der Waals surface area contributed by atoms with Gasteiger partial charge in [-0.3, -0.25) is 10.1 Å². The number of hydrogen-bond donors (Lipinski definition) is 0. The molecule has 14 heteroatoms. The fourth-order valence-corrected chi connectivity index (χ4v) is 3.57. The van der Waals surface area contributed by atoms with Crippen LogP contribution in [0.1, 0.15) is 0 Å². The van der Waals surface area contributed by atoms with Gasteiger partial charge in [-0.1, -0.05) is 0 Å². The van der Waals surface area contributed by atoms with Crippen LogP contribution in [0.25, 0.3) is 0 Å². The first-order valence-corrected chi connectivity index (χ1v) is 10.0. The van der Waals surface area contributed by atoms with Crippen molar-refractivity contribution in [3.63, 3.8) is 0 Å². The average molecular weight is 509 g/mol. The van der Waals surface area contributed by atoms with Crippen LogP contribution >= 0.6 is 0 Å². The Morgan fingerprint density at radius 3 is 2.36 bits per heavy atom. The molecule has 0 amide bonds. The number of carbonyl (C=O) groups is 1. The van der Waals surface area contributed by atoms with Gasteiger partial charge in [0.25, 0.3) is 5.69 Å². The van der Waals surface area contributed by atoms with Crippen molar-refractivity contribution in [2.45, 2.75) is 6.04 Å². The first-order valence-electron chi connectivity index (χ1n) is 10.0. The lowest BCUT2D eigenvalue weighted by Gasteiger charge is -2.39. The highest BCUT2D eigenvalue weighted by molar-refractivity contribution is 5.94. The van der Waals surface area contributed by atoms with Crippen LogP contribution in [0.5, 0.6) is 5.75 Å². The van der Waals surface area contributed by atoms with Crippen LogP contribution in [-0.2, 0) is 23.8 Å². The zero-order valence-corrected chi connectivity index (χ0v) is 19.0. The summed E-state index contributed by atoms with van der Waals surface area (Å²) in [6.45, 7) is -0.301. The molecule has 1 aromatic carbocycles. The molecule has 0 fully saturated rings. The molecule has 190 valence electrons. The summed E-state index contributed by atoms with van der Waals surface area (Å²) < 4.78 is 58.0. The molecule has 0 bridgehead atoms. The summed E-state index contributed by atoms with van der Waals surface area (Å²) in [6.07, 6.45) is 0.571. The second kappa shape index (κ2) is 10.9. The number of allylic oxidation sites excluding steroid dienone is 3. The molecule has 3 rings (SSSR count). The number of benzene rings is 1. The fraction of sp³-hybridized carbons (Fsp3) is 0.273. The predicted octanol–water partition coefficient (Wildman–Crippen LogP) is 3.04. The van der Waals surface area contributed by atoms with Crippen LogP contribution < -0.4 is 4.84 Å². The van der Waals surface area contributed by atoms with E-state index in [-0.39, 0.29) is 35.3 Å². The van der Waals surface area contributed by atoms with Crippen LogP contribution in [0.15, 0.2) is 69.7 Å². The third-order valence-corrected chi connectivity index (χ3v) is 5.15. The van der Waals surface area contributed by atoms with Crippen LogP contribution in [0.4, 0.5) is 18.9 Å². The van der Waals surface area contributed by atoms with E-state index in [2.05, 4.69) is 4.99 Å². The summed E-state index contributed by atoms with van der Waals surface area (Å²) in [6, 6.07) is 2.64. The van der Waals surface area contributed by atoms with E-state index in [0.717, 1.165) is 24.3 Å². The molecule has 0 saturated heterocycles. The molecule has 36 heavy (non-hydrogen) atoms. The van der Waals surface area contributed by atoms with Gasteiger partial charge < -0.3 is 19.0 Å². The third-order valence-electron chi connectivity index (χ3n) is 5.15. The number of halogens is 3. The summed E-state index contributed by atoms with van der Waals surface area (Å²) in [5.74, 6) is -6.88. The zero-order valence-electron chi connectivity index (χ0n) is 19.0. The number of methoxy groups -OCH3 is 3. The van der Waals surface area contributed by atoms with Gasteiger partial charge in [-0.15, -0.1) is 5.06 Å². The highest BCUT2D eigenvalue weighted by atomic mass is 19.2. The van der Waals surface area contributed by atoms with Gasteiger partial charge in [-0.05, 0) is 18.2 Å². The summed E-state index contributed by atoms with van der Waals surface area (Å²) in [5.41, 5.74) is -1.66. The Bertz CT molecular complexity index is 1250. The fourth-order valence-electron chi connectivity index (χ4n) is 3.57. The van der Waals surface area contributed by atoms with Crippen LogP contribution in [0.2, 0.25) is 0 Å². The summed E-state index contributed by atoms with van der Waals surface area (Å²) in [7, 11) is 3.48. The van der Waals surface area contributed by atoms with Crippen LogP contribution in [-0.4, -0.2) is 61.9 Å². The van der Waals surface area contributed by atoms with Crippen molar-refractivity contribution in [2.75, 3.05) is 27.9 Å². The third kappa shape index (κ3) is 4.85. The van der Waals surface area contributed by atoms with Crippen molar-refractivity contribution >= 4 is 23.6 Å². The molecule has 1 aliphatic carbocycles.